The van der Waals surface area contributed by atoms with Crippen molar-refractivity contribution < 1.29 is 14.6 Å². The molecule has 0 aromatic heterocycles. The summed E-state index contributed by atoms with van der Waals surface area (Å²) in [5.74, 6) is -0.177. The molecule has 0 bridgehead atoms. The van der Waals surface area contributed by atoms with E-state index in [-0.39, 0.29) is 30.5 Å². The minimum Gasteiger partial charge on any atom is -0.394 e. The molecule has 15 heavy (non-hydrogen) atoms. The summed E-state index contributed by atoms with van der Waals surface area (Å²) in [5.41, 5.74) is 0. The van der Waals surface area contributed by atoms with Gasteiger partial charge in [0, 0.05) is 6.04 Å². The lowest BCUT2D eigenvalue weighted by atomic mass is 10.0. The Hall–Kier alpha value is -0.650. The second kappa shape index (κ2) is 6.05. The predicted molar refractivity (Wildman–Crippen MR) is 56.5 cm³/mol. The molecule has 1 aliphatic heterocycles. The van der Waals surface area contributed by atoms with Crippen LogP contribution >= 0.6 is 0 Å². The SMILES string of the molecule is CC[C@H](CO)NC(=O)C1COCC1NC. The first-order valence-electron chi connectivity index (χ1n) is 5.39. The highest BCUT2D eigenvalue weighted by molar-refractivity contribution is 5.80. The molecule has 0 aromatic rings. The lowest BCUT2D eigenvalue weighted by molar-refractivity contribution is -0.126. The molecule has 1 fully saturated rings. The predicted octanol–water partition coefficient (Wildman–Crippen LogP) is -0.892. The molecule has 1 amide bonds. The summed E-state index contributed by atoms with van der Waals surface area (Å²) in [4.78, 5) is 11.8. The van der Waals surface area contributed by atoms with E-state index in [9.17, 15) is 4.79 Å². The van der Waals surface area contributed by atoms with E-state index in [4.69, 9.17) is 9.84 Å². The summed E-state index contributed by atoms with van der Waals surface area (Å²) in [6.07, 6.45) is 0.736. The topological polar surface area (TPSA) is 70.6 Å². The average Bonchev–Trinajstić information content (AvgIpc) is 2.73. The Balaban J connectivity index is 2.45. The van der Waals surface area contributed by atoms with Crippen LogP contribution in [0.4, 0.5) is 0 Å². The fourth-order valence-electron chi connectivity index (χ4n) is 1.68. The zero-order valence-electron chi connectivity index (χ0n) is 9.32. The number of hydrogen-bond acceptors (Lipinski definition) is 4. The van der Waals surface area contributed by atoms with Gasteiger partial charge in [0.05, 0.1) is 31.8 Å². The van der Waals surface area contributed by atoms with Crippen LogP contribution in [0.2, 0.25) is 0 Å². The van der Waals surface area contributed by atoms with Gasteiger partial charge in [-0.1, -0.05) is 6.92 Å². The van der Waals surface area contributed by atoms with Crippen molar-refractivity contribution in [3.63, 3.8) is 0 Å². The number of carbonyl (C=O) groups excluding carboxylic acids is 1. The Morgan fingerprint density at radius 1 is 1.60 bits per heavy atom. The monoisotopic (exact) mass is 216 g/mol. The second-order valence-electron chi connectivity index (χ2n) is 3.84. The van der Waals surface area contributed by atoms with Gasteiger partial charge >= 0.3 is 0 Å². The summed E-state index contributed by atoms with van der Waals surface area (Å²) in [7, 11) is 1.82. The summed E-state index contributed by atoms with van der Waals surface area (Å²) in [6, 6.07) is -0.0585. The Bertz CT molecular complexity index is 207. The molecule has 1 saturated heterocycles. The molecule has 0 radical (unpaired) electrons. The lowest BCUT2D eigenvalue weighted by Crippen LogP contribution is -2.46. The van der Waals surface area contributed by atoms with Crippen molar-refractivity contribution >= 4 is 5.91 Å². The first-order chi connectivity index (χ1) is 7.22. The average molecular weight is 216 g/mol. The molecule has 0 aromatic carbocycles. The summed E-state index contributed by atoms with van der Waals surface area (Å²) < 4.78 is 5.24. The zero-order chi connectivity index (χ0) is 11.3. The smallest absolute Gasteiger partial charge is 0.227 e. The molecule has 0 aliphatic carbocycles. The molecule has 5 nitrogen and oxygen atoms in total. The van der Waals surface area contributed by atoms with Crippen LogP contribution in [0.15, 0.2) is 0 Å². The highest BCUT2D eigenvalue weighted by atomic mass is 16.5. The maximum absolute atomic E-state index is 11.8. The van der Waals surface area contributed by atoms with Crippen LogP contribution in [-0.2, 0) is 9.53 Å². The van der Waals surface area contributed by atoms with Gasteiger partial charge in [-0.3, -0.25) is 4.79 Å². The molecule has 2 unspecified atom stereocenters. The van der Waals surface area contributed by atoms with E-state index in [1.165, 1.54) is 0 Å². The number of ether oxygens (including phenoxy) is 1. The molecular formula is C10H20N2O3. The van der Waals surface area contributed by atoms with Crippen LogP contribution < -0.4 is 10.6 Å². The summed E-state index contributed by atoms with van der Waals surface area (Å²) in [5, 5.41) is 14.8. The van der Waals surface area contributed by atoms with Gasteiger partial charge < -0.3 is 20.5 Å². The number of aliphatic hydroxyl groups excluding tert-OH is 1. The van der Waals surface area contributed by atoms with E-state index in [1.54, 1.807) is 0 Å². The highest BCUT2D eigenvalue weighted by Crippen LogP contribution is 2.13. The molecule has 3 atom stereocenters. The van der Waals surface area contributed by atoms with Crippen LogP contribution in [0, 0.1) is 5.92 Å². The van der Waals surface area contributed by atoms with Crippen LogP contribution in [0.5, 0.6) is 0 Å². The van der Waals surface area contributed by atoms with Crippen molar-refractivity contribution in [3.8, 4) is 0 Å². The van der Waals surface area contributed by atoms with Gasteiger partial charge in [-0.25, -0.2) is 0 Å². The van der Waals surface area contributed by atoms with Crippen molar-refractivity contribution in [2.75, 3.05) is 26.9 Å². The number of hydrogen-bond donors (Lipinski definition) is 3. The highest BCUT2D eigenvalue weighted by Gasteiger charge is 2.33. The third-order valence-corrected chi connectivity index (χ3v) is 2.85. The summed E-state index contributed by atoms with van der Waals surface area (Å²) >= 11 is 0. The van der Waals surface area contributed by atoms with Gasteiger partial charge in [0.2, 0.25) is 5.91 Å². The van der Waals surface area contributed by atoms with E-state index < -0.39 is 0 Å². The van der Waals surface area contributed by atoms with Gasteiger partial charge in [0.1, 0.15) is 0 Å². The maximum atomic E-state index is 11.8. The standard InChI is InChI=1S/C10H20N2O3/c1-3-7(4-13)12-10(14)8-5-15-6-9(8)11-2/h7-9,11,13H,3-6H2,1-2H3,(H,12,14)/t7-,8?,9?/m1/s1. The molecule has 0 spiro atoms. The van der Waals surface area contributed by atoms with E-state index in [0.29, 0.717) is 13.2 Å². The largest absolute Gasteiger partial charge is 0.394 e. The van der Waals surface area contributed by atoms with Crippen molar-refractivity contribution in [2.45, 2.75) is 25.4 Å². The number of amides is 1. The van der Waals surface area contributed by atoms with Gasteiger partial charge in [0.25, 0.3) is 0 Å². The second-order valence-corrected chi connectivity index (χ2v) is 3.84. The quantitative estimate of drug-likeness (QED) is 0.557. The molecular weight excluding hydrogens is 196 g/mol. The Morgan fingerprint density at radius 2 is 2.33 bits per heavy atom. The van der Waals surface area contributed by atoms with Crippen molar-refractivity contribution in [2.24, 2.45) is 5.92 Å². The van der Waals surface area contributed by atoms with Gasteiger partial charge in [-0.2, -0.15) is 0 Å². The normalized spacial score (nSPS) is 27.7. The van der Waals surface area contributed by atoms with Crippen LogP contribution in [0.25, 0.3) is 0 Å². The van der Waals surface area contributed by atoms with Crippen molar-refractivity contribution in [1.82, 2.24) is 10.6 Å². The van der Waals surface area contributed by atoms with E-state index in [1.807, 2.05) is 14.0 Å². The minimum atomic E-state index is -0.143. The van der Waals surface area contributed by atoms with Crippen LogP contribution in [-0.4, -0.2) is 50.0 Å². The van der Waals surface area contributed by atoms with Crippen molar-refractivity contribution in [1.29, 1.82) is 0 Å². The third kappa shape index (κ3) is 3.15. The maximum Gasteiger partial charge on any atom is 0.227 e. The van der Waals surface area contributed by atoms with Crippen molar-refractivity contribution in [3.05, 3.63) is 0 Å². The summed E-state index contributed by atoms with van der Waals surface area (Å²) in [6.45, 7) is 2.95. The molecule has 88 valence electrons. The Morgan fingerprint density at radius 3 is 2.87 bits per heavy atom. The fourth-order valence-corrected chi connectivity index (χ4v) is 1.68. The lowest BCUT2D eigenvalue weighted by Gasteiger charge is -2.20. The Kier molecular flexibility index (Phi) is 5.01. The third-order valence-electron chi connectivity index (χ3n) is 2.85. The van der Waals surface area contributed by atoms with Gasteiger partial charge in [0.15, 0.2) is 0 Å². The first-order valence-corrected chi connectivity index (χ1v) is 5.39. The van der Waals surface area contributed by atoms with E-state index in [2.05, 4.69) is 10.6 Å². The number of nitrogens with one attached hydrogen (secondary N) is 2. The number of carbonyl (C=O) groups is 1. The molecule has 1 heterocycles. The number of rotatable bonds is 5. The first kappa shape index (κ1) is 12.4. The van der Waals surface area contributed by atoms with E-state index >= 15 is 0 Å². The molecule has 0 saturated carbocycles. The fraction of sp³-hybridized carbons (Fsp3) is 0.900. The number of likely N-dealkylation sites (N-methyl/N-ethyl adjacent to an activating group) is 1. The van der Waals surface area contributed by atoms with Crippen LogP contribution in [0.3, 0.4) is 0 Å². The molecule has 5 heteroatoms. The molecule has 1 aliphatic rings. The van der Waals surface area contributed by atoms with Gasteiger partial charge in [-0.05, 0) is 13.5 Å². The molecule has 3 N–H and O–H groups in total. The van der Waals surface area contributed by atoms with Gasteiger partial charge in [-0.15, -0.1) is 0 Å². The van der Waals surface area contributed by atoms with Crippen LogP contribution in [0.1, 0.15) is 13.3 Å². The zero-order valence-corrected chi connectivity index (χ0v) is 9.32. The molecule has 1 rings (SSSR count). The number of aliphatic hydroxyl groups is 1. The van der Waals surface area contributed by atoms with E-state index in [0.717, 1.165) is 6.42 Å². The minimum absolute atomic E-state index is 0.0139. The Labute approximate surface area is 90.2 Å².